The highest BCUT2D eigenvalue weighted by molar-refractivity contribution is 5.85. The standard InChI is InChI=1S/C15H24N2O2.ClH/c1-12(2)13-5-7-14(8-6-13)19-11-15(18)16-9-10-17(3)4;/h5-8,12H,9-11H2,1-4H3,(H,16,18);1H. The Kier molecular flexibility index (Phi) is 9.01. The number of nitrogens with one attached hydrogen (secondary N) is 1. The lowest BCUT2D eigenvalue weighted by molar-refractivity contribution is -0.123. The van der Waals surface area contributed by atoms with E-state index in [0.717, 1.165) is 12.3 Å². The number of rotatable bonds is 7. The van der Waals surface area contributed by atoms with E-state index in [4.69, 9.17) is 4.74 Å². The van der Waals surface area contributed by atoms with Gasteiger partial charge in [-0.2, -0.15) is 0 Å². The molecule has 0 saturated heterocycles. The van der Waals surface area contributed by atoms with Gasteiger partial charge in [-0.15, -0.1) is 12.4 Å². The summed E-state index contributed by atoms with van der Waals surface area (Å²) >= 11 is 0. The Morgan fingerprint density at radius 2 is 1.85 bits per heavy atom. The summed E-state index contributed by atoms with van der Waals surface area (Å²) in [5.74, 6) is 1.14. The van der Waals surface area contributed by atoms with Crippen LogP contribution in [0.25, 0.3) is 0 Å². The van der Waals surface area contributed by atoms with Gasteiger partial charge >= 0.3 is 0 Å². The molecule has 0 spiro atoms. The molecule has 0 saturated carbocycles. The summed E-state index contributed by atoms with van der Waals surface area (Å²) < 4.78 is 5.43. The Morgan fingerprint density at radius 3 is 2.35 bits per heavy atom. The van der Waals surface area contributed by atoms with Crippen molar-refractivity contribution in [2.45, 2.75) is 19.8 Å². The zero-order valence-corrected chi connectivity index (χ0v) is 13.5. The second kappa shape index (κ2) is 9.61. The molecule has 0 atom stereocenters. The minimum Gasteiger partial charge on any atom is -0.484 e. The maximum Gasteiger partial charge on any atom is 0.257 e. The second-order valence-electron chi connectivity index (χ2n) is 5.17. The van der Waals surface area contributed by atoms with E-state index in [1.807, 2.05) is 43.3 Å². The van der Waals surface area contributed by atoms with Gasteiger partial charge in [-0.05, 0) is 37.7 Å². The zero-order chi connectivity index (χ0) is 14.3. The van der Waals surface area contributed by atoms with E-state index < -0.39 is 0 Å². The molecule has 0 aliphatic heterocycles. The average molecular weight is 301 g/mol. The fourth-order valence-corrected chi connectivity index (χ4v) is 1.57. The van der Waals surface area contributed by atoms with Gasteiger partial charge in [0.15, 0.2) is 6.61 Å². The predicted molar refractivity (Wildman–Crippen MR) is 84.8 cm³/mol. The molecule has 0 aliphatic rings. The lowest BCUT2D eigenvalue weighted by Crippen LogP contribution is -2.34. The molecule has 1 amide bonds. The van der Waals surface area contributed by atoms with E-state index in [9.17, 15) is 4.79 Å². The number of hydrogen-bond donors (Lipinski definition) is 1. The number of amides is 1. The first-order valence-corrected chi connectivity index (χ1v) is 6.63. The molecule has 0 bridgehead atoms. The van der Waals surface area contributed by atoms with Gasteiger partial charge < -0.3 is 15.0 Å². The number of ether oxygens (including phenoxy) is 1. The van der Waals surface area contributed by atoms with E-state index in [-0.39, 0.29) is 24.9 Å². The van der Waals surface area contributed by atoms with Gasteiger partial charge in [0.05, 0.1) is 0 Å². The van der Waals surface area contributed by atoms with E-state index in [2.05, 4.69) is 19.2 Å². The summed E-state index contributed by atoms with van der Waals surface area (Å²) in [5, 5.41) is 2.81. The van der Waals surface area contributed by atoms with Gasteiger partial charge in [-0.25, -0.2) is 0 Å². The van der Waals surface area contributed by atoms with E-state index in [0.29, 0.717) is 12.5 Å². The van der Waals surface area contributed by atoms with E-state index >= 15 is 0 Å². The molecule has 0 aliphatic carbocycles. The summed E-state index contributed by atoms with van der Waals surface area (Å²) in [5.41, 5.74) is 1.27. The van der Waals surface area contributed by atoms with Crippen LogP contribution in [0.1, 0.15) is 25.3 Å². The summed E-state index contributed by atoms with van der Waals surface area (Å²) in [6.07, 6.45) is 0. The molecule has 114 valence electrons. The maximum absolute atomic E-state index is 11.5. The van der Waals surface area contributed by atoms with Gasteiger partial charge in [0.1, 0.15) is 5.75 Å². The highest BCUT2D eigenvalue weighted by Gasteiger charge is 2.03. The predicted octanol–water partition coefficient (Wildman–Crippen LogP) is 2.29. The van der Waals surface area contributed by atoms with Crippen LogP contribution in [-0.4, -0.2) is 44.6 Å². The molecule has 1 aromatic carbocycles. The van der Waals surface area contributed by atoms with Crippen molar-refractivity contribution in [3.8, 4) is 5.75 Å². The Bertz CT molecular complexity index is 391. The Hall–Kier alpha value is -1.26. The van der Waals surface area contributed by atoms with Gasteiger partial charge in [0.2, 0.25) is 0 Å². The van der Waals surface area contributed by atoms with Gasteiger partial charge in [0, 0.05) is 13.1 Å². The Balaban J connectivity index is 0.00000361. The fourth-order valence-electron chi connectivity index (χ4n) is 1.57. The van der Waals surface area contributed by atoms with Crippen LogP contribution in [0.2, 0.25) is 0 Å². The largest absolute Gasteiger partial charge is 0.484 e. The van der Waals surface area contributed by atoms with Crippen LogP contribution in [0.3, 0.4) is 0 Å². The topological polar surface area (TPSA) is 41.6 Å². The third-order valence-electron chi connectivity index (χ3n) is 2.80. The highest BCUT2D eigenvalue weighted by Crippen LogP contribution is 2.18. The molecule has 0 radical (unpaired) electrons. The number of carbonyl (C=O) groups is 1. The first-order chi connectivity index (χ1) is 8.99. The van der Waals surface area contributed by atoms with Gasteiger partial charge in [-0.1, -0.05) is 26.0 Å². The molecule has 0 unspecified atom stereocenters. The zero-order valence-electron chi connectivity index (χ0n) is 12.7. The van der Waals surface area contributed by atoms with Crippen molar-refractivity contribution in [3.63, 3.8) is 0 Å². The smallest absolute Gasteiger partial charge is 0.257 e. The van der Waals surface area contributed by atoms with Crippen LogP contribution in [-0.2, 0) is 4.79 Å². The number of likely N-dealkylation sites (N-methyl/N-ethyl adjacent to an activating group) is 1. The van der Waals surface area contributed by atoms with E-state index in [1.54, 1.807) is 0 Å². The van der Waals surface area contributed by atoms with Crippen molar-refractivity contribution < 1.29 is 9.53 Å². The summed E-state index contributed by atoms with van der Waals surface area (Å²) in [6, 6.07) is 7.87. The molecular weight excluding hydrogens is 276 g/mol. The molecular formula is C15H25ClN2O2. The molecule has 5 heteroatoms. The number of halogens is 1. The van der Waals surface area contributed by atoms with Gasteiger partial charge in [0.25, 0.3) is 5.91 Å². The van der Waals surface area contributed by atoms with Crippen molar-refractivity contribution in [3.05, 3.63) is 29.8 Å². The van der Waals surface area contributed by atoms with Crippen molar-refractivity contribution in [1.29, 1.82) is 0 Å². The number of carbonyl (C=O) groups excluding carboxylic acids is 1. The molecule has 1 N–H and O–H groups in total. The summed E-state index contributed by atoms with van der Waals surface area (Å²) in [6.45, 7) is 5.83. The lowest BCUT2D eigenvalue weighted by Gasteiger charge is -2.11. The number of nitrogens with zero attached hydrogens (tertiary/aromatic N) is 1. The fraction of sp³-hybridized carbons (Fsp3) is 0.533. The molecule has 1 aromatic rings. The third kappa shape index (κ3) is 7.36. The van der Waals surface area contributed by atoms with Crippen LogP contribution in [0.5, 0.6) is 5.75 Å². The molecule has 20 heavy (non-hydrogen) atoms. The van der Waals surface area contributed by atoms with Crippen molar-refractivity contribution in [1.82, 2.24) is 10.2 Å². The van der Waals surface area contributed by atoms with Crippen LogP contribution >= 0.6 is 12.4 Å². The number of hydrogen-bond acceptors (Lipinski definition) is 3. The van der Waals surface area contributed by atoms with Crippen molar-refractivity contribution in [2.24, 2.45) is 0 Å². The van der Waals surface area contributed by atoms with Crippen LogP contribution in [0.15, 0.2) is 24.3 Å². The van der Waals surface area contributed by atoms with Gasteiger partial charge in [-0.3, -0.25) is 4.79 Å². The first kappa shape index (κ1) is 18.7. The number of benzene rings is 1. The van der Waals surface area contributed by atoms with Crippen molar-refractivity contribution >= 4 is 18.3 Å². The van der Waals surface area contributed by atoms with Crippen LogP contribution < -0.4 is 10.1 Å². The minimum absolute atomic E-state index is 0. The monoisotopic (exact) mass is 300 g/mol. The Morgan fingerprint density at radius 1 is 1.25 bits per heavy atom. The molecule has 1 rings (SSSR count). The third-order valence-corrected chi connectivity index (χ3v) is 2.80. The first-order valence-electron chi connectivity index (χ1n) is 6.63. The highest BCUT2D eigenvalue weighted by atomic mass is 35.5. The quantitative estimate of drug-likeness (QED) is 0.840. The van der Waals surface area contributed by atoms with Crippen LogP contribution in [0, 0.1) is 0 Å². The van der Waals surface area contributed by atoms with Crippen LogP contribution in [0.4, 0.5) is 0 Å². The minimum atomic E-state index is -0.0882. The normalized spacial score (nSPS) is 10.3. The molecule has 4 nitrogen and oxygen atoms in total. The maximum atomic E-state index is 11.5. The van der Waals surface area contributed by atoms with Crippen molar-refractivity contribution in [2.75, 3.05) is 33.8 Å². The Labute approximate surface area is 127 Å². The summed E-state index contributed by atoms with van der Waals surface area (Å²) in [7, 11) is 3.94. The lowest BCUT2D eigenvalue weighted by atomic mass is 10.0. The molecule has 0 fully saturated rings. The average Bonchev–Trinajstić information content (AvgIpc) is 2.36. The second-order valence-corrected chi connectivity index (χ2v) is 5.17. The van der Waals surface area contributed by atoms with E-state index in [1.165, 1.54) is 5.56 Å². The molecule has 0 heterocycles. The molecule has 0 aromatic heterocycles. The summed E-state index contributed by atoms with van der Waals surface area (Å²) in [4.78, 5) is 13.5. The SMILES string of the molecule is CC(C)c1ccc(OCC(=O)NCCN(C)C)cc1.Cl.